The maximum atomic E-state index is 11.1. The quantitative estimate of drug-likeness (QED) is 0.478. The lowest BCUT2D eigenvalue weighted by molar-refractivity contribution is -0.125. The minimum absolute atomic E-state index is 0.215. The van der Waals surface area contributed by atoms with Crippen molar-refractivity contribution in [2.24, 2.45) is 0 Å². The van der Waals surface area contributed by atoms with Crippen LogP contribution in [0.1, 0.15) is 26.2 Å². The number of carbonyl (C=O) groups is 1. The first-order valence-corrected chi connectivity index (χ1v) is 4.66. The third-order valence-corrected chi connectivity index (χ3v) is 1.95. The van der Waals surface area contributed by atoms with Crippen LogP contribution < -0.4 is 0 Å². The highest BCUT2D eigenvalue weighted by atomic mass is 16.2. The van der Waals surface area contributed by atoms with Crippen LogP contribution in [0.25, 0.3) is 0 Å². The summed E-state index contributed by atoms with van der Waals surface area (Å²) in [6.07, 6.45) is 10.3. The van der Waals surface area contributed by atoms with E-state index in [2.05, 4.69) is 5.73 Å². The van der Waals surface area contributed by atoms with Crippen LogP contribution in [0.2, 0.25) is 0 Å². The molecule has 0 spiro atoms. The van der Waals surface area contributed by atoms with Gasteiger partial charge in [-0.25, -0.2) is 0 Å². The van der Waals surface area contributed by atoms with E-state index in [4.69, 9.17) is 0 Å². The minimum Gasteiger partial charge on any atom is -0.312 e. The summed E-state index contributed by atoms with van der Waals surface area (Å²) < 4.78 is 0. The molecule has 1 saturated heterocycles. The van der Waals surface area contributed by atoms with Gasteiger partial charge in [0.05, 0.1) is 0 Å². The second kappa shape index (κ2) is 5.39. The summed E-state index contributed by atoms with van der Waals surface area (Å²) in [5, 5.41) is 0. The van der Waals surface area contributed by atoms with Crippen LogP contribution >= 0.6 is 0 Å². The first kappa shape index (κ1) is 9.82. The molecule has 0 unspecified atom stereocenters. The predicted octanol–water partition coefficient (Wildman–Crippen LogP) is 2.24. The summed E-state index contributed by atoms with van der Waals surface area (Å²) in [6.45, 7) is 2.84. The molecule has 1 rings (SSSR count). The number of nitrogens with zero attached hydrogens (tertiary/aromatic N) is 1. The largest absolute Gasteiger partial charge is 0.312 e. The molecular weight excluding hydrogens is 162 g/mol. The monoisotopic (exact) mass is 177 g/mol. The van der Waals surface area contributed by atoms with Crippen molar-refractivity contribution in [2.75, 3.05) is 6.54 Å². The number of allylic oxidation sites excluding steroid dienone is 3. The number of hydrogen-bond donors (Lipinski definition) is 0. The van der Waals surface area contributed by atoms with Crippen LogP contribution in [0.3, 0.4) is 0 Å². The fraction of sp³-hybridized carbons (Fsp3) is 0.455. The van der Waals surface area contributed by atoms with E-state index >= 15 is 0 Å². The maximum Gasteiger partial charge on any atom is 0.227 e. The Bertz CT molecular complexity index is 259. The molecule has 0 saturated carbocycles. The van der Waals surface area contributed by atoms with Gasteiger partial charge < -0.3 is 4.90 Å². The van der Waals surface area contributed by atoms with Gasteiger partial charge in [-0.2, -0.15) is 0 Å². The Hall–Kier alpha value is -1.27. The van der Waals surface area contributed by atoms with Gasteiger partial charge >= 0.3 is 0 Å². The molecule has 0 aliphatic carbocycles. The maximum absolute atomic E-state index is 11.1. The number of amides is 1. The Balaban J connectivity index is 2.38. The molecule has 2 nitrogen and oxygen atoms in total. The number of likely N-dealkylation sites (tertiary alicyclic amines) is 1. The molecule has 0 N–H and O–H groups in total. The highest BCUT2D eigenvalue weighted by Gasteiger charge is 2.16. The summed E-state index contributed by atoms with van der Waals surface area (Å²) in [5.74, 6) is 0.215. The molecule has 0 radical (unpaired) electrons. The predicted molar refractivity (Wildman–Crippen MR) is 53.0 cm³/mol. The molecule has 0 bridgehead atoms. The normalized spacial score (nSPS) is 16.4. The molecule has 0 aromatic rings. The molecule has 1 aliphatic rings. The van der Waals surface area contributed by atoms with Gasteiger partial charge in [0.2, 0.25) is 5.91 Å². The van der Waals surface area contributed by atoms with E-state index in [0.717, 1.165) is 19.4 Å². The van der Waals surface area contributed by atoms with Gasteiger partial charge in [-0.1, -0.05) is 12.2 Å². The molecular formula is C11H15NO. The number of rotatable bonds is 3. The average Bonchev–Trinajstić information content (AvgIpc) is 2.52. The lowest BCUT2D eigenvalue weighted by Crippen LogP contribution is -2.16. The second-order valence-electron chi connectivity index (χ2n) is 3.00. The zero-order valence-corrected chi connectivity index (χ0v) is 7.99. The van der Waals surface area contributed by atoms with Gasteiger partial charge in [0.1, 0.15) is 0 Å². The van der Waals surface area contributed by atoms with Crippen LogP contribution in [0.4, 0.5) is 0 Å². The van der Waals surface area contributed by atoms with Crippen molar-refractivity contribution in [3.8, 4) is 0 Å². The summed E-state index contributed by atoms with van der Waals surface area (Å²) in [5.41, 5.74) is 3.00. The zero-order valence-electron chi connectivity index (χ0n) is 7.99. The van der Waals surface area contributed by atoms with Crippen LogP contribution in [0.5, 0.6) is 0 Å². The first-order valence-electron chi connectivity index (χ1n) is 4.66. The molecule has 0 atom stereocenters. The average molecular weight is 177 g/mol. The van der Waals surface area contributed by atoms with Gasteiger partial charge in [0, 0.05) is 19.2 Å². The van der Waals surface area contributed by atoms with Crippen molar-refractivity contribution in [3.63, 3.8) is 0 Å². The Morgan fingerprint density at radius 2 is 2.46 bits per heavy atom. The van der Waals surface area contributed by atoms with Crippen molar-refractivity contribution in [2.45, 2.75) is 26.2 Å². The standard InChI is InChI=1S/C11H15NO/c1-2-3-4-5-6-9-12-10-7-8-11(12)13/h2-3,5,9H,4,7-8,10H2,1H3. The number of carbonyl (C=O) groups excluding carboxylic acids is 1. The molecule has 1 aliphatic heterocycles. The van der Waals surface area contributed by atoms with E-state index in [1.807, 2.05) is 25.2 Å². The molecule has 1 amide bonds. The van der Waals surface area contributed by atoms with E-state index in [9.17, 15) is 4.79 Å². The summed E-state index contributed by atoms with van der Waals surface area (Å²) in [6, 6.07) is 0. The van der Waals surface area contributed by atoms with Gasteiger partial charge in [-0.3, -0.25) is 4.79 Å². The fourth-order valence-corrected chi connectivity index (χ4v) is 1.22. The van der Waals surface area contributed by atoms with Gasteiger partial charge in [-0.05, 0) is 25.8 Å². The third-order valence-electron chi connectivity index (χ3n) is 1.95. The molecule has 0 aromatic heterocycles. The lowest BCUT2D eigenvalue weighted by Gasteiger charge is -2.05. The molecule has 13 heavy (non-hydrogen) atoms. The second-order valence-corrected chi connectivity index (χ2v) is 3.00. The third kappa shape index (κ3) is 3.30. The zero-order chi connectivity index (χ0) is 9.52. The topological polar surface area (TPSA) is 20.3 Å². The van der Waals surface area contributed by atoms with Crippen LogP contribution in [-0.4, -0.2) is 17.4 Å². The SMILES string of the molecule is CC=CCC=C=CN1CCCC1=O. The fourth-order valence-electron chi connectivity index (χ4n) is 1.22. The molecule has 70 valence electrons. The van der Waals surface area contributed by atoms with Gasteiger partial charge in [-0.15, -0.1) is 5.73 Å². The van der Waals surface area contributed by atoms with E-state index in [-0.39, 0.29) is 5.91 Å². The smallest absolute Gasteiger partial charge is 0.227 e. The highest BCUT2D eigenvalue weighted by Crippen LogP contribution is 2.08. The van der Waals surface area contributed by atoms with E-state index in [1.54, 1.807) is 11.1 Å². The van der Waals surface area contributed by atoms with E-state index < -0.39 is 0 Å². The van der Waals surface area contributed by atoms with Crippen molar-refractivity contribution >= 4 is 5.91 Å². The van der Waals surface area contributed by atoms with E-state index in [1.165, 1.54) is 0 Å². The Kier molecular flexibility index (Phi) is 4.07. The van der Waals surface area contributed by atoms with E-state index in [0.29, 0.717) is 6.42 Å². The van der Waals surface area contributed by atoms with Crippen molar-refractivity contribution in [1.29, 1.82) is 0 Å². The molecule has 1 fully saturated rings. The van der Waals surface area contributed by atoms with Crippen LogP contribution in [0.15, 0.2) is 30.2 Å². The van der Waals surface area contributed by atoms with Crippen molar-refractivity contribution < 1.29 is 4.79 Å². The van der Waals surface area contributed by atoms with Crippen LogP contribution in [0, 0.1) is 0 Å². The summed E-state index contributed by atoms with van der Waals surface area (Å²) >= 11 is 0. The summed E-state index contributed by atoms with van der Waals surface area (Å²) in [7, 11) is 0. The minimum atomic E-state index is 0.215. The Morgan fingerprint density at radius 3 is 3.08 bits per heavy atom. The Labute approximate surface area is 79.2 Å². The lowest BCUT2D eigenvalue weighted by atomic mass is 10.4. The highest BCUT2D eigenvalue weighted by molar-refractivity contribution is 5.79. The van der Waals surface area contributed by atoms with Crippen molar-refractivity contribution in [3.05, 3.63) is 30.2 Å². The molecule has 0 aromatic carbocycles. The van der Waals surface area contributed by atoms with Gasteiger partial charge in [0.15, 0.2) is 0 Å². The van der Waals surface area contributed by atoms with Crippen molar-refractivity contribution in [1.82, 2.24) is 4.90 Å². The number of hydrogen-bond acceptors (Lipinski definition) is 1. The Morgan fingerprint density at radius 1 is 1.62 bits per heavy atom. The molecule has 2 heteroatoms. The molecule has 1 heterocycles. The summed E-state index contributed by atoms with van der Waals surface area (Å²) in [4.78, 5) is 12.8. The van der Waals surface area contributed by atoms with Gasteiger partial charge in [0.25, 0.3) is 0 Å². The van der Waals surface area contributed by atoms with Crippen LogP contribution in [-0.2, 0) is 4.79 Å². The first-order chi connectivity index (χ1) is 6.34.